The van der Waals surface area contributed by atoms with Crippen molar-refractivity contribution in [3.8, 4) is 5.75 Å². The van der Waals surface area contributed by atoms with Crippen LogP contribution in [0, 0.1) is 0 Å². The summed E-state index contributed by atoms with van der Waals surface area (Å²) < 4.78 is 11.1. The van der Waals surface area contributed by atoms with Gasteiger partial charge in [0.15, 0.2) is 12.7 Å². The average Bonchev–Trinajstić information content (AvgIpc) is 2.99. The third-order valence-electron chi connectivity index (χ3n) is 3.62. The van der Waals surface area contributed by atoms with E-state index in [9.17, 15) is 9.59 Å². The topological polar surface area (TPSA) is 64.6 Å². The second-order valence-corrected chi connectivity index (χ2v) is 6.78. The van der Waals surface area contributed by atoms with Gasteiger partial charge >= 0.3 is 5.97 Å². The van der Waals surface area contributed by atoms with Crippen molar-refractivity contribution in [3.63, 3.8) is 0 Å². The number of hydrogen-bond acceptors (Lipinski definition) is 4. The Morgan fingerprint density at radius 3 is 2.74 bits per heavy atom. The minimum Gasteiger partial charge on any atom is -0.481 e. The maximum Gasteiger partial charge on any atom is 0.344 e. The van der Waals surface area contributed by atoms with E-state index >= 15 is 0 Å². The lowest BCUT2D eigenvalue weighted by molar-refractivity contribution is -0.156. The molecule has 0 aromatic heterocycles. The Labute approximate surface area is 148 Å². The molecule has 0 aliphatic heterocycles. The highest BCUT2D eigenvalue weighted by Crippen LogP contribution is 2.27. The molecule has 1 saturated carbocycles. The van der Waals surface area contributed by atoms with Crippen LogP contribution in [0.5, 0.6) is 5.75 Å². The standard InChI is InChI=1S/C16H19BrClNO4/c1-10(16(21)19-12-4-2-3-5-12)23-15(20)9-22-14-7-6-11(18)8-13(14)17/h6-8,10,12H,2-5,9H2,1H3,(H,19,21)/t10-/m1/s1. The van der Waals surface area contributed by atoms with Gasteiger partial charge in [0.2, 0.25) is 0 Å². The Morgan fingerprint density at radius 2 is 2.09 bits per heavy atom. The Hall–Kier alpha value is -1.27. The molecule has 0 saturated heterocycles. The van der Waals surface area contributed by atoms with E-state index in [-0.39, 0.29) is 18.6 Å². The zero-order valence-corrected chi connectivity index (χ0v) is 15.2. The first-order valence-corrected chi connectivity index (χ1v) is 8.70. The Morgan fingerprint density at radius 1 is 1.39 bits per heavy atom. The summed E-state index contributed by atoms with van der Waals surface area (Å²) in [6.07, 6.45) is 3.40. The van der Waals surface area contributed by atoms with E-state index < -0.39 is 12.1 Å². The van der Waals surface area contributed by atoms with E-state index in [0.29, 0.717) is 15.2 Å². The van der Waals surface area contributed by atoms with Crippen LogP contribution in [0.2, 0.25) is 5.02 Å². The summed E-state index contributed by atoms with van der Waals surface area (Å²) in [6.45, 7) is 1.28. The minimum atomic E-state index is -0.833. The predicted molar refractivity (Wildman–Crippen MR) is 90.6 cm³/mol. The predicted octanol–water partition coefficient (Wildman–Crippen LogP) is 3.47. The summed E-state index contributed by atoms with van der Waals surface area (Å²) in [5.41, 5.74) is 0. The fourth-order valence-corrected chi connectivity index (χ4v) is 3.20. The van der Waals surface area contributed by atoms with Gasteiger partial charge in [-0.3, -0.25) is 4.79 Å². The minimum absolute atomic E-state index is 0.199. The van der Waals surface area contributed by atoms with E-state index in [1.807, 2.05) is 0 Å². The SMILES string of the molecule is C[C@@H](OC(=O)COc1ccc(Cl)cc1Br)C(=O)NC1CCCC1. The van der Waals surface area contributed by atoms with Gasteiger partial charge < -0.3 is 14.8 Å². The maximum absolute atomic E-state index is 11.9. The molecule has 1 aromatic rings. The summed E-state index contributed by atoms with van der Waals surface area (Å²) >= 11 is 9.13. The smallest absolute Gasteiger partial charge is 0.344 e. The van der Waals surface area contributed by atoms with Gasteiger partial charge in [0, 0.05) is 11.1 Å². The molecule has 1 aromatic carbocycles. The second kappa shape index (κ2) is 8.55. The number of esters is 1. The van der Waals surface area contributed by atoms with Crippen molar-refractivity contribution in [1.29, 1.82) is 0 Å². The van der Waals surface area contributed by atoms with Crippen molar-refractivity contribution in [2.24, 2.45) is 0 Å². The van der Waals surface area contributed by atoms with Gasteiger partial charge in [-0.05, 0) is 53.9 Å². The maximum atomic E-state index is 11.9. The highest BCUT2D eigenvalue weighted by atomic mass is 79.9. The van der Waals surface area contributed by atoms with Crippen LogP contribution in [0.25, 0.3) is 0 Å². The van der Waals surface area contributed by atoms with Gasteiger partial charge in [-0.15, -0.1) is 0 Å². The normalized spacial score (nSPS) is 16.0. The number of amides is 1. The third kappa shape index (κ3) is 5.70. The van der Waals surface area contributed by atoms with Crippen molar-refractivity contribution >= 4 is 39.4 Å². The number of carbonyl (C=O) groups excluding carboxylic acids is 2. The molecule has 1 aliphatic carbocycles. The quantitative estimate of drug-likeness (QED) is 0.737. The molecule has 2 rings (SSSR count). The zero-order valence-electron chi connectivity index (χ0n) is 12.8. The lowest BCUT2D eigenvalue weighted by atomic mass is 10.2. The van der Waals surface area contributed by atoms with Gasteiger partial charge in [-0.1, -0.05) is 24.4 Å². The first-order chi connectivity index (χ1) is 11.0. The van der Waals surface area contributed by atoms with Crippen molar-refractivity contribution < 1.29 is 19.1 Å². The molecule has 1 atom stereocenters. The van der Waals surface area contributed by atoms with E-state index in [4.69, 9.17) is 21.1 Å². The number of carbonyl (C=O) groups is 2. The number of halogens is 2. The van der Waals surface area contributed by atoms with Crippen LogP contribution in [0.1, 0.15) is 32.6 Å². The number of rotatable bonds is 6. The Kier molecular flexibility index (Phi) is 6.72. The van der Waals surface area contributed by atoms with Crippen LogP contribution in [-0.2, 0) is 14.3 Å². The number of nitrogens with one attached hydrogen (secondary N) is 1. The van der Waals surface area contributed by atoms with Crippen LogP contribution in [0.3, 0.4) is 0 Å². The van der Waals surface area contributed by atoms with Crippen molar-refractivity contribution in [2.45, 2.75) is 44.8 Å². The molecule has 0 unspecified atom stereocenters. The van der Waals surface area contributed by atoms with Gasteiger partial charge in [0.25, 0.3) is 5.91 Å². The number of ether oxygens (including phenoxy) is 2. The van der Waals surface area contributed by atoms with Crippen LogP contribution >= 0.6 is 27.5 Å². The van der Waals surface area contributed by atoms with Gasteiger partial charge in [0.1, 0.15) is 5.75 Å². The van der Waals surface area contributed by atoms with Gasteiger partial charge in [0.05, 0.1) is 4.47 Å². The van der Waals surface area contributed by atoms with Crippen LogP contribution in [0.15, 0.2) is 22.7 Å². The Balaban J connectivity index is 1.75. The largest absolute Gasteiger partial charge is 0.481 e. The first kappa shape index (κ1) is 18.1. The zero-order chi connectivity index (χ0) is 16.8. The fraction of sp³-hybridized carbons (Fsp3) is 0.500. The molecule has 7 heteroatoms. The van der Waals surface area contributed by atoms with E-state index in [1.165, 1.54) is 0 Å². The molecule has 0 radical (unpaired) electrons. The van der Waals surface area contributed by atoms with Gasteiger partial charge in [-0.25, -0.2) is 4.79 Å². The number of benzene rings is 1. The monoisotopic (exact) mass is 403 g/mol. The average molecular weight is 405 g/mol. The summed E-state index contributed by atoms with van der Waals surface area (Å²) in [5, 5.41) is 3.45. The molecular formula is C16H19BrClNO4. The van der Waals surface area contributed by atoms with Crippen LogP contribution < -0.4 is 10.1 Å². The van der Waals surface area contributed by atoms with Crippen molar-refractivity contribution in [2.75, 3.05) is 6.61 Å². The number of hydrogen-bond donors (Lipinski definition) is 1. The van der Waals surface area contributed by atoms with Crippen LogP contribution in [0.4, 0.5) is 0 Å². The molecule has 5 nitrogen and oxygen atoms in total. The molecule has 0 bridgehead atoms. The summed E-state index contributed by atoms with van der Waals surface area (Å²) in [5.74, 6) is -0.381. The first-order valence-electron chi connectivity index (χ1n) is 7.53. The van der Waals surface area contributed by atoms with E-state index in [1.54, 1.807) is 25.1 Å². The molecule has 1 amide bonds. The van der Waals surface area contributed by atoms with E-state index in [0.717, 1.165) is 25.7 Å². The van der Waals surface area contributed by atoms with E-state index in [2.05, 4.69) is 21.2 Å². The third-order valence-corrected chi connectivity index (χ3v) is 4.47. The molecule has 0 spiro atoms. The Bertz CT molecular complexity index is 575. The lowest BCUT2D eigenvalue weighted by Crippen LogP contribution is -2.41. The summed E-state index contributed by atoms with van der Waals surface area (Å²) in [6, 6.07) is 5.17. The van der Waals surface area contributed by atoms with Crippen LogP contribution in [-0.4, -0.2) is 30.6 Å². The summed E-state index contributed by atoms with van der Waals surface area (Å²) in [4.78, 5) is 23.7. The molecule has 0 heterocycles. The molecule has 126 valence electrons. The summed E-state index contributed by atoms with van der Waals surface area (Å²) in [7, 11) is 0. The highest BCUT2D eigenvalue weighted by Gasteiger charge is 2.23. The van der Waals surface area contributed by atoms with Gasteiger partial charge in [-0.2, -0.15) is 0 Å². The molecule has 23 heavy (non-hydrogen) atoms. The molecular weight excluding hydrogens is 386 g/mol. The molecule has 1 aliphatic rings. The highest BCUT2D eigenvalue weighted by molar-refractivity contribution is 9.10. The molecule has 1 N–H and O–H groups in total. The van der Waals surface area contributed by atoms with Crippen molar-refractivity contribution in [1.82, 2.24) is 5.32 Å². The fourth-order valence-electron chi connectivity index (χ4n) is 2.40. The molecule has 1 fully saturated rings. The lowest BCUT2D eigenvalue weighted by Gasteiger charge is -2.17. The van der Waals surface area contributed by atoms with Crippen molar-refractivity contribution in [3.05, 3.63) is 27.7 Å². The second-order valence-electron chi connectivity index (χ2n) is 5.49.